The second kappa shape index (κ2) is 7.10. The highest BCUT2D eigenvalue weighted by molar-refractivity contribution is 5.81. The van der Waals surface area contributed by atoms with Crippen LogP contribution in [-0.2, 0) is 22.5 Å². The zero-order chi connectivity index (χ0) is 18.9. The van der Waals surface area contributed by atoms with Crippen molar-refractivity contribution < 1.29 is 14.3 Å². The van der Waals surface area contributed by atoms with Crippen molar-refractivity contribution in [1.29, 1.82) is 0 Å². The molecule has 2 unspecified atom stereocenters. The minimum Gasteiger partial charge on any atom is -0.496 e. The Morgan fingerprint density at radius 2 is 2.00 bits per heavy atom. The molecule has 0 amide bonds. The van der Waals surface area contributed by atoms with Crippen LogP contribution in [0.2, 0.25) is 0 Å². The van der Waals surface area contributed by atoms with Gasteiger partial charge in [0.2, 0.25) is 0 Å². The van der Waals surface area contributed by atoms with Gasteiger partial charge in [-0.25, -0.2) is 0 Å². The van der Waals surface area contributed by atoms with Gasteiger partial charge in [0.15, 0.2) is 0 Å². The first-order chi connectivity index (χ1) is 13.1. The Kier molecular flexibility index (Phi) is 4.65. The molecule has 4 nitrogen and oxygen atoms in total. The molecule has 1 N–H and O–H groups in total. The summed E-state index contributed by atoms with van der Waals surface area (Å²) in [6.45, 7) is 5.35. The van der Waals surface area contributed by atoms with Crippen LogP contribution < -0.4 is 10.1 Å². The molecule has 1 saturated heterocycles. The van der Waals surface area contributed by atoms with E-state index in [1.807, 2.05) is 18.2 Å². The summed E-state index contributed by atoms with van der Waals surface area (Å²) in [4.78, 5) is 12.4. The zero-order valence-electron chi connectivity index (χ0n) is 15.7. The summed E-state index contributed by atoms with van der Waals surface area (Å²) in [5, 5.41) is 3.43. The standard InChI is InChI=1S/C23H25NO3/c1-16-11-19-15-27-22(25)23(19,12-16)13-17-7-9-20(10-8-17)24-14-18-5-3-4-6-21(18)26-2/h3-10,19,24H,1,11-15H2,2H3. The van der Waals surface area contributed by atoms with Gasteiger partial charge in [0.25, 0.3) is 0 Å². The van der Waals surface area contributed by atoms with E-state index in [0.29, 0.717) is 13.2 Å². The number of ether oxygens (including phenoxy) is 2. The number of hydrogen-bond donors (Lipinski definition) is 1. The van der Waals surface area contributed by atoms with Crippen molar-refractivity contribution in [1.82, 2.24) is 0 Å². The number of cyclic esters (lactones) is 1. The summed E-state index contributed by atoms with van der Waals surface area (Å²) < 4.78 is 10.8. The first-order valence-corrected chi connectivity index (χ1v) is 9.39. The molecule has 1 heterocycles. The van der Waals surface area contributed by atoms with Crippen LogP contribution in [0.1, 0.15) is 24.0 Å². The quantitative estimate of drug-likeness (QED) is 0.612. The fourth-order valence-electron chi connectivity index (χ4n) is 4.41. The van der Waals surface area contributed by atoms with Crippen molar-refractivity contribution in [3.8, 4) is 5.75 Å². The monoisotopic (exact) mass is 363 g/mol. The molecular formula is C23H25NO3. The van der Waals surface area contributed by atoms with Crippen molar-refractivity contribution >= 4 is 11.7 Å². The molecule has 4 rings (SSSR count). The Hall–Kier alpha value is -2.75. The van der Waals surface area contributed by atoms with E-state index < -0.39 is 5.41 Å². The van der Waals surface area contributed by atoms with Crippen LogP contribution in [0.25, 0.3) is 0 Å². The van der Waals surface area contributed by atoms with Crippen LogP contribution >= 0.6 is 0 Å². The van der Waals surface area contributed by atoms with Crippen LogP contribution in [-0.4, -0.2) is 19.7 Å². The van der Waals surface area contributed by atoms with Crippen molar-refractivity contribution in [2.24, 2.45) is 11.3 Å². The number of hydrogen-bond acceptors (Lipinski definition) is 4. The Morgan fingerprint density at radius 3 is 2.78 bits per heavy atom. The van der Waals surface area contributed by atoms with Crippen molar-refractivity contribution in [3.63, 3.8) is 0 Å². The van der Waals surface area contributed by atoms with Gasteiger partial charge in [-0.3, -0.25) is 4.79 Å². The highest BCUT2D eigenvalue weighted by Gasteiger charge is 2.55. The van der Waals surface area contributed by atoms with E-state index in [-0.39, 0.29) is 11.9 Å². The van der Waals surface area contributed by atoms with Crippen molar-refractivity contribution in [3.05, 3.63) is 71.8 Å². The van der Waals surface area contributed by atoms with E-state index in [1.165, 1.54) is 5.57 Å². The molecule has 1 aliphatic carbocycles. The highest BCUT2D eigenvalue weighted by Crippen LogP contribution is 2.52. The number of methoxy groups -OCH3 is 1. The predicted molar refractivity (Wildman–Crippen MR) is 106 cm³/mol. The molecule has 0 bridgehead atoms. The first-order valence-electron chi connectivity index (χ1n) is 9.39. The number of anilines is 1. The minimum atomic E-state index is -0.399. The number of carbonyl (C=O) groups is 1. The zero-order valence-corrected chi connectivity index (χ0v) is 15.7. The average molecular weight is 363 g/mol. The smallest absolute Gasteiger partial charge is 0.313 e. The Morgan fingerprint density at radius 1 is 1.22 bits per heavy atom. The summed E-state index contributed by atoms with van der Waals surface area (Å²) in [5.74, 6) is 1.11. The maximum Gasteiger partial charge on any atom is 0.313 e. The van der Waals surface area contributed by atoms with Crippen LogP contribution in [0, 0.1) is 11.3 Å². The topological polar surface area (TPSA) is 47.6 Å². The summed E-state index contributed by atoms with van der Waals surface area (Å²) in [6.07, 6.45) is 2.39. The molecule has 1 saturated carbocycles. The van der Waals surface area contributed by atoms with Gasteiger partial charge in [0.1, 0.15) is 5.75 Å². The van der Waals surface area contributed by atoms with E-state index in [9.17, 15) is 4.79 Å². The predicted octanol–water partition coefficient (Wildman–Crippen LogP) is 4.36. The van der Waals surface area contributed by atoms with E-state index in [4.69, 9.17) is 9.47 Å². The lowest BCUT2D eigenvalue weighted by molar-refractivity contribution is -0.146. The van der Waals surface area contributed by atoms with Gasteiger partial charge in [-0.05, 0) is 43.0 Å². The Balaban J connectivity index is 1.43. The molecular weight excluding hydrogens is 338 g/mol. The van der Waals surface area contributed by atoms with Gasteiger partial charge >= 0.3 is 5.97 Å². The van der Waals surface area contributed by atoms with Crippen LogP contribution in [0.3, 0.4) is 0 Å². The van der Waals surface area contributed by atoms with Crippen LogP contribution in [0.5, 0.6) is 5.75 Å². The van der Waals surface area contributed by atoms with E-state index in [2.05, 4.69) is 42.2 Å². The maximum atomic E-state index is 12.4. The number of benzene rings is 2. The lowest BCUT2D eigenvalue weighted by Crippen LogP contribution is -2.31. The Bertz CT molecular complexity index is 858. The van der Waals surface area contributed by atoms with E-state index in [0.717, 1.165) is 41.8 Å². The maximum absolute atomic E-state index is 12.4. The van der Waals surface area contributed by atoms with Gasteiger partial charge in [-0.2, -0.15) is 0 Å². The average Bonchev–Trinajstić information content (AvgIpc) is 3.15. The molecule has 1 aliphatic heterocycles. The molecule has 27 heavy (non-hydrogen) atoms. The third-order valence-electron chi connectivity index (χ3n) is 5.85. The number of para-hydroxylation sites is 1. The highest BCUT2D eigenvalue weighted by atomic mass is 16.5. The number of esters is 1. The van der Waals surface area contributed by atoms with E-state index in [1.54, 1.807) is 7.11 Å². The van der Waals surface area contributed by atoms with Gasteiger partial charge < -0.3 is 14.8 Å². The molecule has 0 radical (unpaired) electrons. The van der Waals surface area contributed by atoms with Gasteiger partial charge in [0, 0.05) is 23.7 Å². The molecule has 2 aromatic rings. The second-order valence-corrected chi connectivity index (χ2v) is 7.62. The van der Waals surface area contributed by atoms with Crippen molar-refractivity contribution in [2.75, 3.05) is 19.0 Å². The summed E-state index contributed by atoms with van der Waals surface area (Å²) >= 11 is 0. The normalized spacial score (nSPS) is 23.8. The molecule has 2 atom stereocenters. The SMILES string of the molecule is C=C1CC2COC(=O)C2(Cc2ccc(NCc3ccccc3OC)cc2)C1. The van der Waals surface area contributed by atoms with Crippen molar-refractivity contribution in [2.45, 2.75) is 25.8 Å². The van der Waals surface area contributed by atoms with Gasteiger partial charge in [-0.15, -0.1) is 0 Å². The molecule has 140 valence electrons. The molecule has 0 spiro atoms. The lowest BCUT2D eigenvalue weighted by Gasteiger charge is -2.24. The van der Waals surface area contributed by atoms with Gasteiger partial charge in [-0.1, -0.05) is 42.5 Å². The summed E-state index contributed by atoms with van der Waals surface area (Å²) in [5.41, 5.74) is 4.10. The van der Waals surface area contributed by atoms with Crippen LogP contribution in [0.15, 0.2) is 60.7 Å². The van der Waals surface area contributed by atoms with E-state index >= 15 is 0 Å². The third-order valence-corrected chi connectivity index (χ3v) is 5.85. The lowest BCUT2D eigenvalue weighted by atomic mass is 9.75. The molecule has 0 aromatic heterocycles. The summed E-state index contributed by atoms with van der Waals surface area (Å²) in [6, 6.07) is 16.3. The van der Waals surface area contributed by atoms with Gasteiger partial charge in [0.05, 0.1) is 19.1 Å². The number of carbonyl (C=O) groups excluding carboxylic acids is 1. The molecule has 2 aromatic carbocycles. The minimum absolute atomic E-state index is 0.0514. The fraction of sp³-hybridized carbons (Fsp3) is 0.348. The molecule has 2 fully saturated rings. The van der Waals surface area contributed by atoms with Crippen LogP contribution in [0.4, 0.5) is 5.69 Å². The Labute approximate surface area is 160 Å². The summed E-state index contributed by atoms with van der Waals surface area (Å²) in [7, 11) is 1.69. The fourth-order valence-corrected chi connectivity index (χ4v) is 4.41. The number of rotatable bonds is 6. The number of fused-ring (bicyclic) bond motifs is 1. The number of nitrogens with one attached hydrogen (secondary N) is 1. The first kappa shape index (κ1) is 17.7. The molecule has 4 heteroatoms. The largest absolute Gasteiger partial charge is 0.496 e. The number of allylic oxidation sites excluding steroid dienone is 1. The second-order valence-electron chi connectivity index (χ2n) is 7.62. The molecule has 2 aliphatic rings. The third kappa shape index (κ3) is 3.32.